The van der Waals surface area contributed by atoms with Gasteiger partial charge in [-0.15, -0.1) is 11.3 Å². The number of aromatic nitrogens is 2. The molecule has 0 aliphatic carbocycles. The summed E-state index contributed by atoms with van der Waals surface area (Å²) in [4.78, 5) is 30.6. The fourth-order valence-electron chi connectivity index (χ4n) is 1.57. The number of methoxy groups -OCH3 is 2. The number of thiazole rings is 1. The molecule has 0 bridgehead atoms. The number of esters is 1. The highest BCUT2D eigenvalue weighted by molar-refractivity contribution is 7.10. The Bertz CT molecular complexity index is 689. The van der Waals surface area contributed by atoms with Gasteiger partial charge < -0.3 is 14.5 Å². The van der Waals surface area contributed by atoms with Gasteiger partial charge in [0.05, 0.1) is 19.9 Å². The summed E-state index contributed by atoms with van der Waals surface area (Å²) in [5.41, 5.74) is -0.219. The second-order valence-electron chi connectivity index (χ2n) is 3.69. The molecule has 1 N–H and O–H groups in total. The Morgan fingerprint density at radius 2 is 2.20 bits per heavy atom. The van der Waals surface area contributed by atoms with E-state index in [9.17, 15) is 9.59 Å². The van der Waals surface area contributed by atoms with Gasteiger partial charge in [0.2, 0.25) is 5.43 Å². The second kappa shape index (κ2) is 6.16. The van der Waals surface area contributed by atoms with Gasteiger partial charge in [-0.2, -0.15) is 0 Å². The fraction of sp³-hybridized carbons (Fsp3) is 0.154. The van der Waals surface area contributed by atoms with Crippen LogP contribution in [0.5, 0.6) is 5.88 Å². The van der Waals surface area contributed by atoms with Gasteiger partial charge in [0.25, 0.3) is 0 Å². The van der Waals surface area contributed by atoms with Crippen molar-refractivity contribution >= 4 is 29.5 Å². The molecule has 2 aromatic heterocycles. The zero-order valence-corrected chi connectivity index (χ0v) is 11.7. The lowest BCUT2D eigenvalue weighted by atomic mass is 10.1. The average molecular weight is 292 g/mol. The Morgan fingerprint density at radius 1 is 1.40 bits per heavy atom. The minimum Gasteiger partial charge on any atom is -0.482 e. The zero-order valence-electron chi connectivity index (χ0n) is 10.9. The molecule has 0 fully saturated rings. The van der Waals surface area contributed by atoms with E-state index in [0.29, 0.717) is 5.69 Å². The van der Waals surface area contributed by atoms with E-state index in [1.54, 1.807) is 18.3 Å². The van der Waals surface area contributed by atoms with Gasteiger partial charge in [-0.1, -0.05) is 0 Å². The molecule has 6 nitrogen and oxygen atoms in total. The highest BCUT2D eigenvalue weighted by atomic mass is 32.1. The van der Waals surface area contributed by atoms with Crippen molar-refractivity contribution in [3.05, 3.63) is 44.1 Å². The number of aromatic amines is 1. The molecule has 2 aromatic rings. The molecular formula is C13H12N2O4S. The number of hydrogen-bond acceptors (Lipinski definition) is 6. The van der Waals surface area contributed by atoms with Crippen LogP contribution in [0.15, 0.2) is 22.4 Å². The van der Waals surface area contributed by atoms with Crippen molar-refractivity contribution in [2.24, 2.45) is 0 Å². The molecule has 0 unspecified atom stereocenters. The number of ether oxygens (including phenoxy) is 2. The Balaban J connectivity index is 2.51. The van der Waals surface area contributed by atoms with Crippen molar-refractivity contribution in [2.45, 2.75) is 0 Å². The molecule has 0 amide bonds. The number of carbonyl (C=O) groups excluding carboxylic acids is 1. The van der Waals surface area contributed by atoms with Crippen molar-refractivity contribution in [1.82, 2.24) is 9.97 Å². The summed E-state index contributed by atoms with van der Waals surface area (Å²) in [6, 6.07) is 1.20. The number of nitrogens with zero attached hydrogens (tertiary/aromatic N) is 1. The summed E-state index contributed by atoms with van der Waals surface area (Å²) < 4.78 is 9.61. The third-order valence-electron chi connectivity index (χ3n) is 2.49. The van der Waals surface area contributed by atoms with Gasteiger partial charge in [-0.25, -0.2) is 9.78 Å². The van der Waals surface area contributed by atoms with Crippen molar-refractivity contribution in [3.63, 3.8) is 0 Å². The third kappa shape index (κ3) is 2.94. The van der Waals surface area contributed by atoms with Crippen LogP contribution in [0.3, 0.4) is 0 Å². The Morgan fingerprint density at radius 3 is 2.80 bits per heavy atom. The topological polar surface area (TPSA) is 81.3 Å². The molecule has 0 aromatic carbocycles. The molecule has 2 heterocycles. The Hall–Kier alpha value is -2.41. The monoisotopic (exact) mass is 292 g/mol. The van der Waals surface area contributed by atoms with Crippen molar-refractivity contribution in [3.8, 4) is 5.88 Å². The molecule has 0 aliphatic heterocycles. The first kappa shape index (κ1) is 14.0. The summed E-state index contributed by atoms with van der Waals surface area (Å²) in [6.45, 7) is 0. The standard InChI is InChI=1S/C13H12N2O4S/c1-18-10-7-9(16)12(13(17)19-2)8(15-10)3-4-11-14-5-6-20-11/h3-7H,1-2H3,(H,15,16)/b4-3-. The first-order valence-corrected chi connectivity index (χ1v) is 6.51. The molecule has 20 heavy (non-hydrogen) atoms. The highest BCUT2D eigenvalue weighted by Gasteiger charge is 2.16. The van der Waals surface area contributed by atoms with Crippen LogP contribution in [0.2, 0.25) is 0 Å². The first-order chi connectivity index (χ1) is 9.65. The Labute approximate surface area is 118 Å². The number of carbonyl (C=O) groups is 1. The average Bonchev–Trinajstić information content (AvgIpc) is 2.97. The molecule has 104 valence electrons. The van der Waals surface area contributed by atoms with Crippen LogP contribution in [0, 0.1) is 0 Å². The van der Waals surface area contributed by atoms with Gasteiger partial charge in [0.15, 0.2) is 5.88 Å². The summed E-state index contributed by atoms with van der Waals surface area (Å²) in [5.74, 6) is -0.436. The molecular weight excluding hydrogens is 280 g/mol. The van der Waals surface area contributed by atoms with Crippen molar-refractivity contribution in [2.75, 3.05) is 14.2 Å². The first-order valence-electron chi connectivity index (χ1n) is 5.63. The lowest BCUT2D eigenvalue weighted by Crippen LogP contribution is -2.19. The van der Waals surface area contributed by atoms with Crippen molar-refractivity contribution in [1.29, 1.82) is 0 Å². The van der Waals surface area contributed by atoms with Crippen LogP contribution in [0.1, 0.15) is 21.1 Å². The Kier molecular flexibility index (Phi) is 4.31. The SMILES string of the molecule is COC(=O)c1c(/C=C\c2nccs2)[nH]c(OC)cc1=O. The van der Waals surface area contributed by atoms with Crippen LogP contribution in [-0.4, -0.2) is 30.2 Å². The molecule has 2 rings (SSSR count). The van der Waals surface area contributed by atoms with Crippen LogP contribution in [-0.2, 0) is 4.74 Å². The smallest absolute Gasteiger partial charge is 0.344 e. The number of hydrogen-bond donors (Lipinski definition) is 1. The second-order valence-corrected chi connectivity index (χ2v) is 4.61. The molecule has 0 atom stereocenters. The van der Waals surface area contributed by atoms with Gasteiger partial charge in [0.1, 0.15) is 10.6 Å². The van der Waals surface area contributed by atoms with Crippen LogP contribution in [0.4, 0.5) is 0 Å². The van der Waals surface area contributed by atoms with Gasteiger partial charge in [-0.05, 0) is 12.2 Å². The maximum atomic E-state index is 11.9. The van der Waals surface area contributed by atoms with E-state index in [2.05, 4.69) is 14.7 Å². The number of rotatable bonds is 4. The number of pyridine rings is 1. The van der Waals surface area contributed by atoms with E-state index in [1.165, 1.54) is 31.6 Å². The van der Waals surface area contributed by atoms with E-state index >= 15 is 0 Å². The summed E-state index contributed by atoms with van der Waals surface area (Å²) >= 11 is 1.44. The van der Waals surface area contributed by atoms with E-state index < -0.39 is 11.4 Å². The van der Waals surface area contributed by atoms with Crippen LogP contribution >= 0.6 is 11.3 Å². The molecule has 7 heteroatoms. The van der Waals surface area contributed by atoms with E-state index in [0.717, 1.165) is 5.01 Å². The lowest BCUT2D eigenvalue weighted by molar-refractivity contribution is 0.0598. The predicted molar refractivity (Wildman–Crippen MR) is 76.0 cm³/mol. The highest BCUT2D eigenvalue weighted by Crippen LogP contribution is 2.14. The predicted octanol–water partition coefficient (Wildman–Crippen LogP) is 1.80. The fourth-order valence-corrected chi connectivity index (χ4v) is 2.10. The quantitative estimate of drug-likeness (QED) is 0.869. The van der Waals surface area contributed by atoms with Gasteiger partial charge in [-0.3, -0.25) is 4.79 Å². The van der Waals surface area contributed by atoms with E-state index in [-0.39, 0.29) is 11.4 Å². The summed E-state index contributed by atoms with van der Waals surface area (Å²) in [6.07, 6.45) is 4.96. The zero-order chi connectivity index (χ0) is 14.5. The normalized spacial score (nSPS) is 10.7. The van der Waals surface area contributed by atoms with E-state index in [1.807, 2.05) is 5.38 Å². The summed E-state index contributed by atoms with van der Waals surface area (Å²) in [7, 11) is 2.65. The molecule has 0 saturated heterocycles. The molecule has 0 spiro atoms. The molecule has 0 radical (unpaired) electrons. The largest absolute Gasteiger partial charge is 0.482 e. The maximum Gasteiger partial charge on any atom is 0.344 e. The number of H-pyrrole nitrogens is 1. The van der Waals surface area contributed by atoms with Crippen LogP contribution < -0.4 is 10.2 Å². The minimum atomic E-state index is -0.701. The maximum absolute atomic E-state index is 11.9. The van der Waals surface area contributed by atoms with E-state index in [4.69, 9.17) is 4.74 Å². The lowest BCUT2D eigenvalue weighted by Gasteiger charge is -2.06. The van der Waals surface area contributed by atoms with Crippen molar-refractivity contribution < 1.29 is 14.3 Å². The van der Waals surface area contributed by atoms with Gasteiger partial charge in [0, 0.05) is 17.6 Å². The van der Waals surface area contributed by atoms with Crippen LogP contribution in [0.25, 0.3) is 12.2 Å². The number of nitrogens with one attached hydrogen (secondary N) is 1. The third-order valence-corrected chi connectivity index (χ3v) is 3.23. The summed E-state index contributed by atoms with van der Waals surface area (Å²) in [5, 5.41) is 2.58. The minimum absolute atomic E-state index is 0.0684. The van der Waals surface area contributed by atoms with Gasteiger partial charge >= 0.3 is 5.97 Å². The molecule has 0 saturated carbocycles. The molecule has 0 aliphatic rings.